The van der Waals surface area contributed by atoms with Crippen LogP contribution in [0, 0.1) is 18.8 Å². The number of rotatable bonds is 2. The summed E-state index contributed by atoms with van der Waals surface area (Å²) in [6.07, 6.45) is 3.26. The molecule has 0 saturated heterocycles. The zero-order valence-electron chi connectivity index (χ0n) is 11.4. The van der Waals surface area contributed by atoms with Crippen molar-refractivity contribution in [2.75, 3.05) is 0 Å². The zero-order valence-corrected chi connectivity index (χ0v) is 12.2. The van der Waals surface area contributed by atoms with Crippen molar-refractivity contribution in [3.05, 3.63) is 21.9 Å². The quantitative estimate of drug-likeness (QED) is 0.839. The molecule has 1 aromatic rings. The Labute approximate surface area is 109 Å². The Morgan fingerprint density at radius 1 is 1.35 bits per heavy atom. The van der Waals surface area contributed by atoms with Crippen molar-refractivity contribution in [1.82, 2.24) is 0 Å². The van der Waals surface area contributed by atoms with Crippen LogP contribution in [0.3, 0.4) is 0 Å². The van der Waals surface area contributed by atoms with Gasteiger partial charge in [0.25, 0.3) is 0 Å². The van der Waals surface area contributed by atoms with E-state index in [1.54, 1.807) is 0 Å². The van der Waals surface area contributed by atoms with Gasteiger partial charge in [0.2, 0.25) is 0 Å². The summed E-state index contributed by atoms with van der Waals surface area (Å²) in [5.41, 5.74) is 1.49. The van der Waals surface area contributed by atoms with Crippen LogP contribution in [-0.2, 0) is 5.41 Å². The number of aliphatic hydroxyl groups excluding tert-OH is 1. The lowest BCUT2D eigenvalue weighted by atomic mass is 9.66. The first-order valence-corrected chi connectivity index (χ1v) is 7.53. The molecule has 1 nitrogen and oxygen atoms in total. The molecule has 0 spiro atoms. The molecule has 2 rings (SSSR count). The van der Waals surface area contributed by atoms with Gasteiger partial charge in [-0.2, -0.15) is 0 Å². The van der Waals surface area contributed by atoms with Crippen LogP contribution in [0.5, 0.6) is 0 Å². The van der Waals surface area contributed by atoms with E-state index in [1.807, 2.05) is 11.3 Å². The third-order valence-corrected chi connectivity index (χ3v) is 5.81. The van der Waals surface area contributed by atoms with Crippen LogP contribution < -0.4 is 0 Å². The minimum atomic E-state index is -0.129. The van der Waals surface area contributed by atoms with E-state index in [0.29, 0.717) is 11.8 Å². The Hall–Kier alpha value is -0.340. The highest BCUT2D eigenvalue weighted by molar-refractivity contribution is 7.10. The lowest BCUT2D eigenvalue weighted by Crippen LogP contribution is -2.41. The predicted molar refractivity (Wildman–Crippen MR) is 74.6 cm³/mol. The van der Waals surface area contributed by atoms with Crippen LogP contribution in [0.15, 0.2) is 11.4 Å². The summed E-state index contributed by atoms with van der Waals surface area (Å²) in [7, 11) is 0. The molecule has 17 heavy (non-hydrogen) atoms. The Balaban J connectivity index is 2.24. The monoisotopic (exact) mass is 252 g/mol. The fourth-order valence-corrected chi connectivity index (χ4v) is 4.51. The molecular formula is C15H24OS. The van der Waals surface area contributed by atoms with Gasteiger partial charge in [-0.05, 0) is 48.6 Å². The highest BCUT2D eigenvalue weighted by Gasteiger charge is 2.40. The summed E-state index contributed by atoms with van der Waals surface area (Å²) in [5, 5.41) is 12.5. The van der Waals surface area contributed by atoms with Crippen molar-refractivity contribution < 1.29 is 5.11 Å². The van der Waals surface area contributed by atoms with Gasteiger partial charge < -0.3 is 5.11 Å². The number of aryl methyl sites for hydroxylation is 1. The maximum atomic E-state index is 10.4. The van der Waals surface area contributed by atoms with Gasteiger partial charge in [-0.1, -0.05) is 27.2 Å². The van der Waals surface area contributed by atoms with Crippen molar-refractivity contribution in [3.63, 3.8) is 0 Å². The van der Waals surface area contributed by atoms with Gasteiger partial charge in [0.1, 0.15) is 0 Å². The van der Waals surface area contributed by atoms with Crippen LogP contribution in [0.1, 0.15) is 50.5 Å². The van der Waals surface area contributed by atoms with Gasteiger partial charge in [0.05, 0.1) is 6.10 Å². The molecule has 2 heteroatoms. The van der Waals surface area contributed by atoms with Gasteiger partial charge in [0.15, 0.2) is 0 Å². The van der Waals surface area contributed by atoms with E-state index in [-0.39, 0.29) is 11.5 Å². The smallest absolute Gasteiger partial charge is 0.0579 e. The van der Waals surface area contributed by atoms with Crippen LogP contribution in [-0.4, -0.2) is 11.2 Å². The average Bonchev–Trinajstić information content (AvgIpc) is 2.64. The number of hydrogen-bond acceptors (Lipinski definition) is 2. The Morgan fingerprint density at radius 2 is 2.06 bits per heavy atom. The minimum absolute atomic E-state index is 0.109. The molecule has 1 saturated carbocycles. The molecule has 0 aromatic carbocycles. The molecule has 1 aliphatic rings. The van der Waals surface area contributed by atoms with Crippen molar-refractivity contribution in [3.8, 4) is 0 Å². The largest absolute Gasteiger partial charge is 0.393 e. The normalized spacial score (nSPS) is 30.5. The van der Waals surface area contributed by atoms with E-state index in [4.69, 9.17) is 0 Å². The first-order valence-electron chi connectivity index (χ1n) is 6.65. The molecular weight excluding hydrogens is 228 g/mol. The van der Waals surface area contributed by atoms with E-state index in [0.717, 1.165) is 12.8 Å². The first kappa shape index (κ1) is 13.1. The van der Waals surface area contributed by atoms with Gasteiger partial charge >= 0.3 is 0 Å². The fourth-order valence-electron chi connectivity index (χ4n) is 3.39. The maximum Gasteiger partial charge on any atom is 0.0579 e. The van der Waals surface area contributed by atoms with Crippen molar-refractivity contribution in [2.45, 2.75) is 58.5 Å². The third-order valence-electron chi connectivity index (χ3n) is 4.45. The van der Waals surface area contributed by atoms with Gasteiger partial charge in [-0.3, -0.25) is 0 Å². The molecule has 0 amide bonds. The Morgan fingerprint density at radius 3 is 2.59 bits per heavy atom. The molecule has 3 unspecified atom stereocenters. The van der Waals surface area contributed by atoms with Crippen molar-refractivity contribution >= 4 is 11.3 Å². The van der Waals surface area contributed by atoms with E-state index in [9.17, 15) is 5.11 Å². The lowest BCUT2D eigenvalue weighted by molar-refractivity contribution is 0.0151. The second kappa shape index (κ2) is 4.74. The minimum Gasteiger partial charge on any atom is -0.393 e. The highest BCUT2D eigenvalue weighted by atomic mass is 32.1. The van der Waals surface area contributed by atoms with Crippen LogP contribution in [0.25, 0.3) is 0 Å². The zero-order chi connectivity index (χ0) is 12.6. The van der Waals surface area contributed by atoms with E-state index in [1.165, 1.54) is 16.9 Å². The third kappa shape index (κ3) is 2.43. The maximum absolute atomic E-state index is 10.4. The summed E-state index contributed by atoms with van der Waals surface area (Å²) < 4.78 is 0. The molecule has 1 aromatic heterocycles. The summed E-state index contributed by atoms with van der Waals surface area (Å²) in [6, 6.07) is 2.19. The summed E-state index contributed by atoms with van der Waals surface area (Å²) >= 11 is 1.84. The van der Waals surface area contributed by atoms with E-state index in [2.05, 4.69) is 39.1 Å². The van der Waals surface area contributed by atoms with E-state index >= 15 is 0 Å². The molecule has 1 aliphatic carbocycles. The summed E-state index contributed by atoms with van der Waals surface area (Å²) in [4.78, 5) is 1.45. The van der Waals surface area contributed by atoms with Crippen LogP contribution in [0.2, 0.25) is 0 Å². The second-order valence-corrected chi connectivity index (χ2v) is 7.16. The van der Waals surface area contributed by atoms with Gasteiger partial charge in [0, 0.05) is 10.3 Å². The molecule has 3 atom stereocenters. The summed E-state index contributed by atoms with van der Waals surface area (Å²) in [6.45, 7) is 9.04. The SMILES string of the molecule is Cc1ccsc1C(C)(C)C1CCC(C)CC1O. The molecule has 1 N–H and O–H groups in total. The predicted octanol–water partition coefficient (Wildman–Crippen LogP) is 4.13. The topological polar surface area (TPSA) is 20.2 Å². The van der Waals surface area contributed by atoms with Gasteiger partial charge in [-0.15, -0.1) is 11.3 Å². The standard InChI is InChI=1S/C15H24OS/c1-10-5-6-12(13(16)9-10)15(3,4)14-11(2)7-8-17-14/h7-8,10,12-13,16H,5-6,9H2,1-4H3. The van der Waals surface area contributed by atoms with Crippen molar-refractivity contribution in [1.29, 1.82) is 0 Å². The fraction of sp³-hybridized carbons (Fsp3) is 0.733. The Bertz CT molecular complexity index is 380. The molecule has 96 valence electrons. The highest BCUT2D eigenvalue weighted by Crippen LogP contribution is 2.44. The number of aliphatic hydroxyl groups is 1. The first-order chi connectivity index (χ1) is 7.93. The van der Waals surface area contributed by atoms with Crippen LogP contribution >= 0.6 is 11.3 Å². The molecule has 1 fully saturated rings. The molecule has 0 aliphatic heterocycles. The number of hydrogen-bond donors (Lipinski definition) is 1. The summed E-state index contributed by atoms with van der Waals surface area (Å²) in [5.74, 6) is 1.09. The van der Waals surface area contributed by atoms with Crippen molar-refractivity contribution in [2.24, 2.45) is 11.8 Å². The molecule has 0 radical (unpaired) electrons. The second-order valence-electron chi connectivity index (χ2n) is 6.25. The van der Waals surface area contributed by atoms with Gasteiger partial charge in [-0.25, -0.2) is 0 Å². The lowest BCUT2D eigenvalue weighted by Gasteiger charge is -2.42. The average molecular weight is 252 g/mol. The van der Waals surface area contributed by atoms with E-state index < -0.39 is 0 Å². The molecule has 1 heterocycles. The van der Waals surface area contributed by atoms with Crippen LogP contribution in [0.4, 0.5) is 0 Å². The molecule has 0 bridgehead atoms. The number of thiophene rings is 1. The Kier molecular flexibility index (Phi) is 3.65.